The van der Waals surface area contributed by atoms with E-state index in [1.54, 1.807) is 24.3 Å². The van der Waals surface area contributed by atoms with Crippen LogP contribution in [-0.2, 0) is 0 Å². The van der Waals surface area contributed by atoms with Gasteiger partial charge in [0, 0.05) is 25.7 Å². The lowest BCUT2D eigenvalue weighted by Crippen LogP contribution is -2.39. The fourth-order valence-electron chi connectivity index (χ4n) is 3.22. The molecule has 1 amide bonds. The lowest BCUT2D eigenvalue weighted by atomic mass is 10.1. The summed E-state index contributed by atoms with van der Waals surface area (Å²) < 4.78 is 0. The minimum atomic E-state index is -0.0353. The molecule has 2 fully saturated rings. The molecule has 0 bridgehead atoms. The predicted molar refractivity (Wildman–Crippen MR) is 73.2 cm³/mol. The molecule has 1 unspecified atom stereocenters. The molecule has 4 nitrogen and oxygen atoms in total. The lowest BCUT2D eigenvalue weighted by molar-refractivity contribution is 0.0740. The topological polar surface area (TPSA) is 43.8 Å². The molecule has 19 heavy (non-hydrogen) atoms. The lowest BCUT2D eigenvalue weighted by Gasteiger charge is -2.25. The van der Waals surface area contributed by atoms with Crippen LogP contribution >= 0.6 is 0 Å². The standard InChI is InChI=1S/C15H20N2O2/c18-14-7-2-1-6-13(14)15(19)17-10-4-9-16-8-3-5-12(16)11-17/h1-2,6-7,12,18H,3-5,8-11H2. The molecule has 2 saturated heterocycles. The van der Waals surface area contributed by atoms with E-state index >= 15 is 0 Å². The molecule has 0 aromatic heterocycles. The fraction of sp³-hybridized carbons (Fsp3) is 0.533. The summed E-state index contributed by atoms with van der Waals surface area (Å²) in [7, 11) is 0. The van der Waals surface area contributed by atoms with Crippen LogP contribution in [0.25, 0.3) is 0 Å². The van der Waals surface area contributed by atoms with Crippen LogP contribution in [-0.4, -0.2) is 53.0 Å². The molecule has 1 N–H and O–H groups in total. The van der Waals surface area contributed by atoms with Gasteiger partial charge in [0.15, 0.2) is 0 Å². The highest BCUT2D eigenvalue weighted by molar-refractivity contribution is 5.96. The van der Waals surface area contributed by atoms with Gasteiger partial charge in [-0.1, -0.05) is 12.1 Å². The molecule has 3 rings (SSSR count). The van der Waals surface area contributed by atoms with Crippen LogP contribution in [0.1, 0.15) is 29.6 Å². The van der Waals surface area contributed by atoms with Crippen LogP contribution in [0.5, 0.6) is 5.75 Å². The maximum atomic E-state index is 12.5. The van der Waals surface area contributed by atoms with Crippen molar-refractivity contribution in [2.45, 2.75) is 25.3 Å². The maximum Gasteiger partial charge on any atom is 0.257 e. The Morgan fingerprint density at radius 1 is 1.16 bits per heavy atom. The van der Waals surface area contributed by atoms with Gasteiger partial charge in [0.25, 0.3) is 5.91 Å². The van der Waals surface area contributed by atoms with Crippen molar-refractivity contribution < 1.29 is 9.90 Å². The largest absolute Gasteiger partial charge is 0.507 e. The molecule has 2 aliphatic heterocycles. The molecule has 2 heterocycles. The number of nitrogens with zero attached hydrogens (tertiary/aromatic N) is 2. The number of benzene rings is 1. The molecule has 2 aliphatic rings. The number of carbonyl (C=O) groups excluding carboxylic acids is 1. The first-order valence-electron chi connectivity index (χ1n) is 7.07. The molecular formula is C15H20N2O2. The van der Waals surface area contributed by atoms with Crippen molar-refractivity contribution in [3.63, 3.8) is 0 Å². The first-order valence-corrected chi connectivity index (χ1v) is 7.07. The average molecular weight is 260 g/mol. The van der Waals surface area contributed by atoms with Gasteiger partial charge in [-0.3, -0.25) is 9.69 Å². The van der Waals surface area contributed by atoms with E-state index in [0.29, 0.717) is 11.6 Å². The number of phenols is 1. The van der Waals surface area contributed by atoms with Crippen LogP contribution in [0, 0.1) is 0 Å². The number of hydrogen-bond donors (Lipinski definition) is 1. The van der Waals surface area contributed by atoms with E-state index in [9.17, 15) is 9.90 Å². The summed E-state index contributed by atoms with van der Waals surface area (Å²) in [5.41, 5.74) is 0.425. The van der Waals surface area contributed by atoms with Crippen molar-refractivity contribution in [3.8, 4) is 5.75 Å². The third kappa shape index (κ3) is 2.45. The number of hydrogen-bond acceptors (Lipinski definition) is 3. The quantitative estimate of drug-likeness (QED) is 0.836. The van der Waals surface area contributed by atoms with Gasteiger partial charge >= 0.3 is 0 Å². The van der Waals surface area contributed by atoms with Crippen LogP contribution in [0.15, 0.2) is 24.3 Å². The summed E-state index contributed by atoms with van der Waals surface area (Å²) in [5.74, 6) is 0.0480. The Morgan fingerprint density at radius 3 is 2.79 bits per heavy atom. The maximum absolute atomic E-state index is 12.5. The third-order valence-corrected chi connectivity index (χ3v) is 4.23. The Kier molecular flexibility index (Phi) is 3.42. The number of amides is 1. The van der Waals surface area contributed by atoms with Crippen molar-refractivity contribution in [2.75, 3.05) is 26.2 Å². The molecule has 1 aromatic carbocycles. The van der Waals surface area contributed by atoms with Gasteiger partial charge in [0.2, 0.25) is 0 Å². The highest BCUT2D eigenvalue weighted by Gasteiger charge is 2.31. The SMILES string of the molecule is O=C(c1ccccc1O)N1CCCN2CCCC2C1. The number of phenolic OH excluding ortho intramolecular Hbond substituents is 1. The summed E-state index contributed by atoms with van der Waals surface area (Å²) in [5, 5.41) is 9.81. The summed E-state index contributed by atoms with van der Waals surface area (Å²) in [4.78, 5) is 16.9. The molecular weight excluding hydrogens is 240 g/mol. The van der Waals surface area contributed by atoms with Crippen molar-refractivity contribution in [1.82, 2.24) is 9.80 Å². The number of carbonyl (C=O) groups is 1. The van der Waals surface area contributed by atoms with Gasteiger partial charge in [-0.15, -0.1) is 0 Å². The highest BCUT2D eigenvalue weighted by atomic mass is 16.3. The van der Waals surface area contributed by atoms with Gasteiger partial charge < -0.3 is 10.0 Å². The smallest absolute Gasteiger partial charge is 0.257 e. The van der Waals surface area contributed by atoms with E-state index in [1.807, 2.05) is 4.90 Å². The summed E-state index contributed by atoms with van der Waals surface area (Å²) in [6, 6.07) is 7.33. The second kappa shape index (κ2) is 5.21. The monoisotopic (exact) mass is 260 g/mol. The number of aromatic hydroxyl groups is 1. The summed E-state index contributed by atoms with van der Waals surface area (Å²) >= 11 is 0. The van der Waals surface area contributed by atoms with Crippen LogP contribution in [0.4, 0.5) is 0 Å². The van der Waals surface area contributed by atoms with Gasteiger partial charge in [0.1, 0.15) is 5.75 Å². The van der Waals surface area contributed by atoms with E-state index in [1.165, 1.54) is 19.4 Å². The van der Waals surface area contributed by atoms with Crippen molar-refractivity contribution in [1.29, 1.82) is 0 Å². The zero-order chi connectivity index (χ0) is 13.2. The predicted octanol–water partition coefficient (Wildman–Crippen LogP) is 1.70. The van der Waals surface area contributed by atoms with Gasteiger partial charge in [-0.25, -0.2) is 0 Å². The zero-order valence-corrected chi connectivity index (χ0v) is 11.1. The Labute approximate surface area is 113 Å². The number of fused-ring (bicyclic) bond motifs is 1. The Hall–Kier alpha value is -1.55. The average Bonchev–Trinajstić information content (AvgIpc) is 2.76. The van der Waals surface area contributed by atoms with Crippen LogP contribution < -0.4 is 0 Å². The van der Waals surface area contributed by atoms with Crippen LogP contribution in [0.2, 0.25) is 0 Å². The van der Waals surface area contributed by atoms with Crippen molar-refractivity contribution in [3.05, 3.63) is 29.8 Å². The molecule has 0 spiro atoms. The van der Waals surface area contributed by atoms with E-state index in [0.717, 1.165) is 26.1 Å². The third-order valence-electron chi connectivity index (χ3n) is 4.23. The molecule has 102 valence electrons. The van der Waals surface area contributed by atoms with Gasteiger partial charge in [-0.05, 0) is 37.9 Å². The van der Waals surface area contributed by atoms with E-state index < -0.39 is 0 Å². The Morgan fingerprint density at radius 2 is 1.95 bits per heavy atom. The van der Waals surface area contributed by atoms with E-state index in [2.05, 4.69) is 4.90 Å². The van der Waals surface area contributed by atoms with Gasteiger partial charge in [0.05, 0.1) is 5.56 Å². The van der Waals surface area contributed by atoms with E-state index in [-0.39, 0.29) is 11.7 Å². The zero-order valence-electron chi connectivity index (χ0n) is 11.1. The van der Waals surface area contributed by atoms with Gasteiger partial charge in [-0.2, -0.15) is 0 Å². The molecule has 4 heteroatoms. The first-order chi connectivity index (χ1) is 9.25. The highest BCUT2D eigenvalue weighted by Crippen LogP contribution is 2.24. The minimum Gasteiger partial charge on any atom is -0.507 e. The number of para-hydroxylation sites is 1. The van der Waals surface area contributed by atoms with Crippen molar-refractivity contribution >= 4 is 5.91 Å². The normalized spacial score (nSPS) is 24.0. The molecule has 0 aliphatic carbocycles. The molecule has 1 atom stereocenters. The summed E-state index contributed by atoms with van der Waals surface area (Å²) in [6.07, 6.45) is 3.45. The second-order valence-electron chi connectivity index (χ2n) is 5.45. The molecule has 1 aromatic rings. The van der Waals surface area contributed by atoms with E-state index in [4.69, 9.17) is 0 Å². The minimum absolute atomic E-state index is 0.0353. The fourth-order valence-corrected chi connectivity index (χ4v) is 3.22. The van der Waals surface area contributed by atoms with Crippen molar-refractivity contribution in [2.24, 2.45) is 0 Å². The van der Waals surface area contributed by atoms with Crippen LogP contribution in [0.3, 0.4) is 0 Å². The summed E-state index contributed by atoms with van der Waals surface area (Å²) in [6.45, 7) is 3.85. The molecule has 0 radical (unpaired) electrons. The Bertz CT molecular complexity index is 475. The molecule has 0 saturated carbocycles. The Balaban J connectivity index is 1.78. The number of rotatable bonds is 1. The second-order valence-corrected chi connectivity index (χ2v) is 5.45. The first kappa shape index (κ1) is 12.5.